The average molecular weight is 525 g/mol. The molecule has 9 aromatic rings. The van der Waals surface area contributed by atoms with E-state index >= 15 is 0 Å². The lowest BCUT2D eigenvalue weighted by Crippen LogP contribution is -1.96. The molecule has 0 fully saturated rings. The summed E-state index contributed by atoms with van der Waals surface area (Å²) >= 11 is 0. The molecule has 0 atom stereocenters. The first kappa shape index (κ1) is 22.3. The zero-order chi connectivity index (χ0) is 26.9. The molecule has 0 aliphatic carbocycles. The predicted octanol–water partition coefficient (Wildman–Crippen LogP) is 10.3. The third-order valence-corrected chi connectivity index (χ3v) is 8.32. The molecule has 9 rings (SSSR count). The Kier molecular flexibility index (Phi) is 4.61. The average Bonchev–Trinajstić information content (AvgIpc) is 3.68. The van der Waals surface area contributed by atoms with E-state index in [2.05, 4.69) is 149 Å². The lowest BCUT2D eigenvalue weighted by molar-refractivity contribution is 0.645. The van der Waals surface area contributed by atoms with E-state index in [0.29, 0.717) is 0 Å². The highest BCUT2D eigenvalue weighted by Crippen LogP contribution is 2.43. The summed E-state index contributed by atoms with van der Waals surface area (Å²) in [7, 11) is 0. The summed E-state index contributed by atoms with van der Waals surface area (Å²) < 4.78 is 11.2. The van der Waals surface area contributed by atoms with Crippen LogP contribution in [0.25, 0.3) is 77.3 Å². The molecule has 3 aromatic heterocycles. The van der Waals surface area contributed by atoms with Crippen LogP contribution in [0.15, 0.2) is 150 Å². The van der Waals surface area contributed by atoms with E-state index in [1.807, 2.05) is 6.07 Å². The molecule has 0 N–H and O–H groups in total. The highest BCUT2D eigenvalue weighted by molar-refractivity contribution is 6.22. The van der Waals surface area contributed by atoms with Crippen molar-refractivity contribution in [1.82, 2.24) is 9.13 Å². The van der Waals surface area contributed by atoms with Gasteiger partial charge in [0.05, 0.1) is 21.9 Å². The standard InChI is InChI=1S/C38H24N2O/c1-2-13-26(14-3-1)40-37-28(19-11-20-32(37)36-31-18-6-9-23-35(31)41-38(36)40)25-12-10-15-27(24-25)39-33-21-7-4-16-29(33)30-17-5-8-22-34(30)39/h1-24H. The van der Waals surface area contributed by atoms with Gasteiger partial charge in [-0.3, -0.25) is 4.57 Å². The summed E-state index contributed by atoms with van der Waals surface area (Å²) in [6.45, 7) is 0. The van der Waals surface area contributed by atoms with Crippen LogP contribution in [0.3, 0.4) is 0 Å². The molecule has 0 unspecified atom stereocenters. The van der Waals surface area contributed by atoms with Crippen LogP contribution in [0.4, 0.5) is 0 Å². The topological polar surface area (TPSA) is 23.0 Å². The molecule has 3 nitrogen and oxygen atoms in total. The van der Waals surface area contributed by atoms with Crippen molar-refractivity contribution in [2.24, 2.45) is 0 Å². The zero-order valence-electron chi connectivity index (χ0n) is 22.2. The lowest BCUT2D eigenvalue weighted by atomic mass is 10.0. The van der Waals surface area contributed by atoms with E-state index in [9.17, 15) is 0 Å². The third-order valence-electron chi connectivity index (χ3n) is 8.32. The fourth-order valence-electron chi connectivity index (χ4n) is 6.61. The third kappa shape index (κ3) is 3.14. The number of rotatable bonds is 3. The molecule has 0 aliphatic rings. The van der Waals surface area contributed by atoms with Gasteiger partial charge < -0.3 is 8.98 Å². The van der Waals surface area contributed by atoms with Crippen molar-refractivity contribution in [3.63, 3.8) is 0 Å². The molecule has 0 amide bonds. The molecule has 41 heavy (non-hydrogen) atoms. The van der Waals surface area contributed by atoms with Crippen LogP contribution < -0.4 is 0 Å². The summed E-state index contributed by atoms with van der Waals surface area (Å²) in [5.74, 6) is 0. The van der Waals surface area contributed by atoms with Crippen LogP contribution in [0.1, 0.15) is 0 Å². The molecule has 0 aliphatic heterocycles. The number of benzene rings is 6. The first-order valence-corrected chi connectivity index (χ1v) is 14.0. The molecule has 0 saturated heterocycles. The molecule has 3 heterocycles. The van der Waals surface area contributed by atoms with E-state index in [4.69, 9.17) is 4.42 Å². The Morgan fingerprint density at radius 3 is 1.83 bits per heavy atom. The second kappa shape index (κ2) is 8.48. The Bertz CT molecular complexity index is 2370. The van der Waals surface area contributed by atoms with Crippen molar-refractivity contribution in [1.29, 1.82) is 0 Å². The van der Waals surface area contributed by atoms with Crippen molar-refractivity contribution in [3.8, 4) is 22.5 Å². The highest BCUT2D eigenvalue weighted by atomic mass is 16.3. The number of hydrogen-bond donors (Lipinski definition) is 0. The van der Waals surface area contributed by atoms with E-state index in [1.165, 1.54) is 32.8 Å². The maximum absolute atomic E-state index is 6.55. The van der Waals surface area contributed by atoms with Crippen LogP contribution in [0, 0.1) is 0 Å². The molecule has 0 radical (unpaired) electrons. The zero-order valence-corrected chi connectivity index (χ0v) is 22.2. The van der Waals surface area contributed by atoms with Crippen LogP contribution >= 0.6 is 0 Å². The number of fused-ring (bicyclic) bond motifs is 8. The molecule has 192 valence electrons. The summed E-state index contributed by atoms with van der Waals surface area (Å²) in [6, 6.07) is 51.7. The molecule has 0 saturated carbocycles. The maximum atomic E-state index is 6.55. The summed E-state index contributed by atoms with van der Waals surface area (Å²) in [5, 5.41) is 6.01. The van der Waals surface area contributed by atoms with E-state index < -0.39 is 0 Å². The van der Waals surface area contributed by atoms with Crippen LogP contribution in [0.2, 0.25) is 0 Å². The predicted molar refractivity (Wildman–Crippen MR) is 170 cm³/mol. The van der Waals surface area contributed by atoms with Gasteiger partial charge in [0.2, 0.25) is 5.71 Å². The lowest BCUT2D eigenvalue weighted by Gasteiger charge is -2.13. The Balaban J connectivity index is 1.36. The van der Waals surface area contributed by atoms with Crippen LogP contribution in [-0.4, -0.2) is 9.13 Å². The van der Waals surface area contributed by atoms with E-state index in [1.54, 1.807) is 0 Å². The van der Waals surface area contributed by atoms with Crippen molar-refractivity contribution >= 4 is 54.8 Å². The number of nitrogens with zero attached hydrogens (tertiary/aromatic N) is 2. The molecule has 6 aromatic carbocycles. The van der Waals surface area contributed by atoms with Gasteiger partial charge in [0.1, 0.15) is 5.58 Å². The minimum Gasteiger partial charge on any atom is -0.439 e. The number of furan rings is 1. The normalized spacial score (nSPS) is 11.9. The van der Waals surface area contributed by atoms with Crippen molar-refractivity contribution < 1.29 is 4.42 Å². The number of para-hydroxylation sites is 5. The number of hydrogen-bond acceptors (Lipinski definition) is 1. The second-order valence-electron chi connectivity index (χ2n) is 10.6. The minimum atomic E-state index is 0.874. The molecular formula is C38H24N2O. The van der Waals surface area contributed by atoms with Gasteiger partial charge in [0, 0.05) is 38.5 Å². The van der Waals surface area contributed by atoms with Gasteiger partial charge >= 0.3 is 0 Å². The Morgan fingerprint density at radius 1 is 0.439 bits per heavy atom. The van der Waals surface area contributed by atoms with Crippen LogP contribution in [0.5, 0.6) is 0 Å². The van der Waals surface area contributed by atoms with Crippen LogP contribution in [-0.2, 0) is 0 Å². The van der Waals surface area contributed by atoms with Gasteiger partial charge in [0.15, 0.2) is 0 Å². The van der Waals surface area contributed by atoms with Crippen molar-refractivity contribution in [2.75, 3.05) is 0 Å². The SMILES string of the molecule is c1ccc(-n2c3oc4ccccc4c3c3cccc(-c4cccc(-n5c6ccccc6c6ccccc65)c4)c32)cc1. The molecule has 0 spiro atoms. The van der Waals surface area contributed by atoms with Gasteiger partial charge in [-0.1, -0.05) is 103 Å². The highest BCUT2D eigenvalue weighted by Gasteiger charge is 2.22. The molecular weight excluding hydrogens is 500 g/mol. The molecule has 0 bridgehead atoms. The fraction of sp³-hybridized carbons (Fsp3) is 0. The van der Waals surface area contributed by atoms with Crippen molar-refractivity contribution in [3.05, 3.63) is 146 Å². The molecule has 3 heteroatoms. The Labute approximate surface area is 236 Å². The van der Waals surface area contributed by atoms with Gasteiger partial charge in [0.25, 0.3) is 0 Å². The fourth-order valence-corrected chi connectivity index (χ4v) is 6.61. The maximum Gasteiger partial charge on any atom is 0.213 e. The summed E-state index contributed by atoms with van der Waals surface area (Å²) in [5.41, 5.74) is 9.91. The Hall–Kier alpha value is -5.54. The first-order valence-electron chi connectivity index (χ1n) is 14.0. The summed E-state index contributed by atoms with van der Waals surface area (Å²) in [4.78, 5) is 0. The minimum absolute atomic E-state index is 0.874. The number of aromatic nitrogens is 2. The van der Waals surface area contributed by atoms with Gasteiger partial charge in [-0.05, 0) is 48.0 Å². The largest absolute Gasteiger partial charge is 0.439 e. The van der Waals surface area contributed by atoms with Gasteiger partial charge in [-0.2, -0.15) is 0 Å². The second-order valence-corrected chi connectivity index (χ2v) is 10.6. The van der Waals surface area contributed by atoms with E-state index in [-0.39, 0.29) is 0 Å². The first-order chi connectivity index (χ1) is 20.4. The Morgan fingerprint density at radius 2 is 1.05 bits per heavy atom. The monoisotopic (exact) mass is 524 g/mol. The summed E-state index contributed by atoms with van der Waals surface area (Å²) in [6.07, 6.45) is 0. The van der Waals surface area contributed by atoms with Crippen molar-refractivity contribution in [2.45, 2.75) is 0 Å². The smallest absolute Gasteiger partial charge is 0.213 e. The van der Waals surface area contributed by atoms with E-state index in [0.717, 1.165) is 44.5 Å². The van der Waals surface area contributed by atoms with Gasteiger partial charge in [-0.25, -0.2) is 0 Å². The quantitative estimate of drug-likeness (QED) is 0.225. The van der Waals surface area contributed by atoms with Gasteiger partial charge in [-0.15, -0.1) is 0 Å².